The normalized spacial score (nSPS) is 11.1. The van der Waals surface area contributed by atoms with E-state index < -0.39 is 23.2 Å². The summed E-state index contributed by atoms with van der Waals surface area (Å²) in [5.41, 5.74) is -0.970. The van der Waals surface area contributed by atoms with Crippen LogP contribution in [0.1, 0.15) is 41.5 Å². The molecule has 0 unspecified atom stereocenters. The van der Waals surface area contributed by atoms with Crippen molar-refractivity contribution in [2.45, 2.75) is 31.3 Å². The van der Waals surface area contributed by atoms with Crippen molar-refractivity contribution in [2.24, 2.45) is 0 Å². The van der Waals surface area contributed by atoms with Gasteiger partial charge in [0.1, 0.15) is 16.7 Å². The zero-order chi connectivity index (χ0) is 19.5. The minimum atomic E-state index is -1.55. The molecule has 9 heteroatoms. The Hall–Kier alpha value is -2.68. The van der Waals surface area contributed by atoms with E-state index in [1.54, 1.807) is 12.1 Å². The minimum absolute atomic E-state index is 0.214. The summed E-state index contributed by atoms with van der Waals surface area (Å²) in [5.74, 6) is -3.78. The molecule has 0 saturated carbocycles. The summed E-state index contributed by atoms with van der Waals surface area (Å²) in [7, 11) is 0. The highest BCUT2D eigenvalue weighted by atomic mass is 32.2. The Morgan fingerprint density at radius 3 is 2.38 bits per heavy atom. The summed E-state index contributed by atoms with van der Waals surface area (Å²) in [5, 5.41) is 12.0. The van der Waals surface area contributed by atoms with E-state index in [2.05, 4.69) is 15.0 Å². The molecule has 0 aliphatic rings. The van der Waals surface area contributed by atoms with Gasteiger partial charge in [-0.25, -0.2) is 18.6 Å². The molecule has 0 saturated heterocycles. The number of rotatable bonds is 5. The molecular formula is C17H17F2N3O3S. The quantitative estimate of drug-likeness (QED) is 0.684. The number of carbonyl (C=O) groups excluding carboxylic acids is 1. The van der Waals surface area contributed by atoms with Gasteiger partial charge >= 0.3 is 5.97 Å². The number of aromatic carboxylic acids is 1. The number of hydrogen-bond donors (Lipinski definition) is 3. The van der Waals surface area contributed by atoms with Crippen LogP contribution in [0.3, 0.4) is 0 Å². The molecule has 138 valence electrons. The average molecular weight is 381 g/mol. The number of carboxylic acids is 1. The summed E-state index contributed by atoms with van der Waals surface area (Å²) in [6.07, 6.45) is 1.37. The lowest BCUT2D eigenvalue weighted by atomic mass is 10.1. The number of hydrogen-bond acceptors (Lipinski definition) is 5. The number of pyridine rings is 1. The summed E-state index contributed by atoms with van der Waals surface area (Å²) in [6.45, 7) is 5.57. The van der Waals surface area contributed by atoms with Crippen LogP contribution in [0, 0.1) is 11.6 Å². The van der Waals surface area contributed by atoms with Gasteiger partial charge in [-0.15, -0.1) is 0 Å². The van der Waals surface area contributed by atoms with Crippen molar-refractivity contribution in [3.8, 4) is 0 Å². The van der Waals surface area contributed by atoms with Gasteiger partial charge in [0, 0.05) is 29.8 Å². The SMILES string of the molecule is CC(C)(C)NC(=O)c1ccc(SNc2cc(F)c(C(=O)O)cc2F)nc1. The van der Waals surface area contributed by atoms with Crippen LogP contribution in [0.25, 0.3) is 0 Å². The Balaban J connectivity index is 2.05. The predicted octanol–water partition coefficient (Wildman–Crippen LogP) is 3.71. The molecule has 0 atom stereocenters. The van der Waals surface area contributed by atoms with E-state index in [-0.39, 0.29) is 17.1 Å². The van der Waals surface area contributed by atoms with E-state index in [0.717, 1.165) is 18.0 Å². The highest BCUT2D eigenvalue weighted by molar-refractivity contribution is 8.00. The molecule has 1 heterocycles. The highest BCUT2D eigenvalue weighted by Crippen LogP contribution is 2.25. The Bertz CT molecular complexity index is 836. The van der Waals surface area contributed by atoms with Gasteiger partial charge in [0.05, 0.1) is 16.8 Å². The average Bonchev–Trinajstić information content (AvgIpc) is 2.54. The third kappa shape index (κ3) is 5.16. The van der Waals surface area contributed by atoms with Crippen LogP contribution in [0.15, 0.2) is 35.5 Å². The first kappa shape index (κ1) is 19.6. The summed E-state index contributed by atoms with van der Waals surface area (Å²) >= 11 is 0.897. The van der Waals surface area contributed by atoms with Gasteiger partial charge in [-0.05, 0) is 39.0 Å². The maximum atomic E-state index is 13.8. The van der Waals surface area contributed by atoms with Crippen molar-refractivity contribution < 1.29 is 23.5 Å². The number of aromatic nitrogens is 1. The maximum Gasteiger partial charge on any atom is 0.338 e. The Morgan fingerprint density at radius 1 is 1.15 bits per heavy atom. The molecule has 1 aromatic heterocycles. The van der Waals surface area contributed by atoms with E-state index in [4.69, 9.17) is 5.11 Å². The number of halogens is 2. The number of nitrogens with zero attached hydrogens (tertiary/aromatic N) is 1. The molecular weight excluding hydrogens is 364 g/mol. The van der Waals surface area contributed by atoms with Crippen LogP contribution >= 0.6 is 11.9 Å². The molecule has 1 aromatic carbocycles. The van der Waals surface area contributed by atoms with Crippen LogP contribution in [-0.4, -0.2) is 27.5 Å². The standard InChI is InChI=1S/C17H17F2N3O3S/c1-17(2,3)21-15(23)9-4-5-14(20-8-9)26-22-13-7-11(18)10(16(24)25)6-12(13)19/h4-8,22H,1-3H3,(H,21,23)(H,24,25). The number of nitrogens with one attached hydrogen (secondary N) is 2. The van der Waals surface area contributed by atoms with Crippen LogP contribution < -0.4 is 10.0 Å². The smallest absolute Gasteiger partial charge is 0.338 e. The van der Waals surface area contributed by atoms with E-state index >= 15 is 0 Å². The molecule has 0 bridgehead atoms. The van der Waals surface area contributed by atoms with Crippen molar-refractivity contribution >= 4 is 29.5 Å². The lowest BCUT2D eigenvalue weighted by molar-refractivity contribution is 0.0691. The number of anilines is 1. The zero-order valence-corrected chi connectivity index (χ0v) is 15.1. The van der Waals surface area contributed by atoms with Gasteiger partial charge in [-0.3, -0.25) is 4.79 Å². The number of amides is 1. The largest absolute Gasteiger partial charge is 0.478 e. The van der Waals surface area contributed by atoms with E-state index in [0.29, 0.717) is 16.7 Å². The first-order valence-electron chi connectivity index (χ1n) is 7.50. The third-order valence-corrected chi connectivity index (χ3v) is 3.81. The fourth-order valence-electron chi connectivity index (χ4n) is 1.88. The monoisotopic (exact) mass is 381 g/mol. The van der Waals surface area contributed by atoms with Crippen LogP contribution in [0.2, 0.25) is 0 Å². The Kier molecular flexibility index (Phi) is 5.81. The van der Waals surface area contributed by atoms with E-state index in [1.165, 1.54) is 6.20 Å². The number of carboxylic acid groups (broad SMARTS) is 1. The second-order valence-electron chi connectivity index (χ2n) is 6.41. The molecule has 1 amide bonds. The first-order valence-corrected chi connectivity index (χ1v) is 8.32. The maximum absolute atomic E-state index is 13.8. The highest BCUT2D eigenvalue weighted by Gasteiger charge is 2.17. The van der Waals surface area contributed by atoms with Gasteiger partial charge in [-0.1, -0.05) is 0 Å². The van der Waals surface area contributed by atoms with E-state index in [1.807, 2.05) is 20.8 Å². The van der Waals surface area contributed by atoms with Crippen LogP contribution in [0.4, 0.5) is 14.5 Å². The van der Waals surface area contributed by atoms with Crippen molar-refractivity contribution in [3.05, 3.63) is 53.2 Å². The van der Waals surface area contributed by atoms with E-state index in [9.17, 15) is 18.4 Å². The topological polar surface area (TPSA) is 91.3 Å². The third-order valence-electron chi connectivity index (χ3n) is 3.04. The van der Waals surface area contributed by atoms with Crippen molar-refractivity contribution in [1.29, 1.82) is 0 Å². The summed E-state index contributed by atoms with van der Waals surface area (Å²) < 4.78 is 30.0. The van der Waals surface area contributed by atoms with Gasteiger partial charge in [0.2, 0.25) is 0 Å². The Labute approximate surface area is 153 Å². The predicted molar refractivity (Wildman–Crippen MR) is 94.3 cm³/mol. The van der Waals surface area contributed by atoms with Gasteiger partial charge < -0.3 is 15.1 Å². The minimum Gasteiger partial charge on any atom is -0.478 e. The number of carbonyl (C=O) groups is 2. The molecule has 26 heavy (non-hydrogen) atoms. The number of benzene rings is 1. The van der Waals surface area contributed by atoms with Crippen molar-refractivity contribution in [2.75, 3.05) is 4.72 Å². The molecule has 6 nitrogen and oxygen atoms in total. The molecule has 2 rings (SSSR count). The molecule has 2 aromatic rings. The van der Waals surface area contributed by atoms with Crippen LogP contribution in [-0.2, 0) is 0 Å². The lowest BCUT2D eigenvalue weighted by Gasteiger charge is -2.20. The molecule has 0 aliphatic carbocycles. The summed E-state index contributed by atoms with van der Waals surface area (Å²) in [4.78, 5) is 26.8. The first-order chi connectivity index (χ1) is 12.1. The molecule has 0 aliphatic heterocycles. The molecule has 0 fully saturated rings. The molecule has 0 spiro atoms. The molecule has 3 N–H and O–H groups in total. The van der Waals surface area contributed by atoms with Crippen molar-refractivity contribution in [1.82, 2.24) is 10.3 Å². The van der Waals surface area contributed by atoms with Crippen molar-refractivity contribution in [3.63, 3.8) is 0 Å². The fraction of sp³-hybridized carbons (Fsp3) is 0.235. The Morgan fingerprint density at radius 2 is 1.85 bits per heavy atom. The van der Waals surface area contributed by atoms with Gasteiger partial charge in [0.25, 0.3) is 5.91 Å². The van der Waals surface area contributed by atoms with Crippen LogP contribution in [0.5, 0.6) is 0 Å². The lowest BCUT2D eigenvalue weighted by Crippen LogP contribution is -2.40. The van der Waals surface area contributed by atoms with Gasteiger partial charge in [0.15, 0.2) is 0 Å². The zero-order valence-electron chi connectivity index (χ0n) is 14.3. The summed E-state index contributed by atoms with van der Waals surface area (Å²) in [6, 6.07) is 4.47. The second kappa shape index (κ2) is 7.69. The van der Waals surface area contributed by atoms with Gasteiger partial charge in [-0.2, -0.15) is 0 Å². The fourth-order valence-corrected chi connectivity index (χ4v) is 2.50. The molecule has 0 radical (unpaired) electrons. The second-order valence-corrected chi connectivity index (χ2v) is 7.24.